The van der Waals surface area contributed by atoms with Crippen molar-refractivity contribution in [3.63, 3.8) is 0 Å². The first kappa shape index (κ1) is 13.6. The van der Waals surface area contributed by atoms with Gasteiger partial charge in [0.2, 0.25) is 0 Å². The summed E-state index contributed by atoms with van der Waals surface area (Å²) < 4.78 is 0. The molecule has 0 spiro atoms. The van der Waals surface area contributed by atoms with Crippen LogP contribution in [0.3, 0.4) is 0 Å². The molecule has 1 heterocycles. The van der Waals surface area contributed by atoms with Crippen molar-refractivity contribution in [3.05, 3.63) is 30.1 Å². The lowest BCUT2D eigenvalue weighted by Gasteiger charge is -2.31. The van der Waals surface area contributed by atoms with Crippen LogP contribution in [0.15, 0.2) is 24.4 Å². The molecule has 94 valence electrons. The van der Waals surface area contributed by atoms with Crippen molar-refractivity contribution in [2.24, 2.45) is 0 Å². The van der Waals surface area contributed by atoms with Crippen molar-refractivity contribution in [3.8, 4) is 0 Å². The van der Waals surface area contributed by atoms with Gasteiger partial charge in [-0.1, -0.05) is 6.07 Å². The van der Waals surface area contributed by atoms with Crippen molar-refractivity contribution < 1.29 is 9.90 Å². The minimum absolute atomic E-state index is 0.135. The average molecular weight is 236 g/mol. The summed E-state index contributed by atoms with van der Waals surface area (Å²) in [5, 5.41) is 8.75. The van der Waals surface area contributed by atoms with E-state index in [4.69, 9.17) is 5.11 Å². The lowest BCUT2D eigenvalue weighted by molar-refractivity contribution is -0.137. The van der Waals surface area contributed by atoms with Gasteiger partial charge in [-0.25, -0.2) is 0 Å². The van der Waals surface area contributed by atoms with Crippen molar-refractivity contribution in [1.82, 2.24) is 9.88 Å². The predicted molar refractivity (Wildman–Crippen MR) is 66.7 cm³/mol. The zero-order valence-electron chi connectivity index (χ0n) is 10.6. The Labute approximate surface area is 102 Å². The molecule has 0 fully saturated rings. The maximum Gasteiger partial charge on any atom is 0.304 e. The molecule has 1 aromatic rings. The number of rotatable bonds is 6. The molecule has 1 aromatic heterocycles. The second kappa shape index (κ2) is 6.35. The zero-order chi connectivity index (χ0) is 12.8. The minimum atomic E-state index is -0.760. The molecule has 4 nitrogen and oxygen atoms in total. The number of carbonyl (C=O) groups is 1. The number of nitrogens with zero attached hydrogens (tertiary/aromatic N) is 2. The molecule has 0 aliphatic rings. The van der Waals surface area contributed by atoms with Crippen LogP contribution in [-0.4, -0.2) is 33.5 Å². The van der Waals surface area contributed by atoms with Crippen molar-refractivity contribution >= 4 is 5.97 Å². The van der Waals surface area contributed by atoms with E-state index in [0.717, 1.165) is 5.69 Å². The van der Waals surface area contributed by atoms with Crippen LogP contribution in [0.25, 0.3) is 0 Å². The molecule has 1 atom stereocenters. The third-order valence-electron chi connectivity index (χ3n) is 2.86. The van der Waals surface area contributed by atoms with Gasteiger partial charge in [0.25, 0.3) is 0 Å². The second-order valence-corrected chi connectivity index (χ2v) is 4.41. The Morgan fingerprint density at radius 3 is 2.59 bits per heavy atom. The van der Waals surface area contributed by atoms with E-state index < -0.39 is 5.97 Å². The number of hydrogen-bond donors (Lipinski definition) is 1. The molecular formula is C13H20N2O2. The van der Waals surface area contributed by atoms with E-state index in [2.05, 4.69) is 30.7 Å². The Bertz CT molecular complexity index is 352. The third-order valence-corrected chi connectivity index (χ3v) is 2.86. The number of hydrogen-bond acceptors (Lipinski definition) is 3. The van der Waals surface area contributed by atoms with Crippen LogP contribution < -0.4 is 0 Å². The lowest BCUT2D eigenvalue weighted by atomic mass is 10.1. The molecule has 0 bridgehead atoms. The Kier molecular flexibility index (Phi) is 5.10. The highest BCUT2D eigenvalue weighted by Crippen LogP contribution is 2.20. The summed E-state index contributed by atoms with van der Waals surface area (Å²) in [6.07, 6.45) is 1.93. The molecule has 0 aromatic carbocycles. The number of carboxylic acid groups (broad SMARTS) is 1. The Balaban J connectivity index is 2.73. The van der Waals surface area contributed by atoms with Crippen LogP contribution in [0.4, 0.5) is 0 Å². The second-order valence-electron chi connectivity index (χ2n) is 4.41. The maximum absolute atomic E-state index is 10.6. The molecule has 4 heteroatoms. The molecule has 0 saturated heterocycles. The van der Waals surface area contributed by atoms with Gasteiger partial charge in [-0.05, 0) is 32.9 Å². The molecule has 0 aliphatic carbocycles. The van der Waals surface area contributed by atoms with Gasteiger partial charge in [-0.2, -0.15) is 0 Å². The largest absolute Gasteiger partial charge is 0.481 e. The summed E-state index contributed by atoms with van der Waals surface area (Å²) in [5.41, 5.74) is 0.978. The lowest BCUT2D eigenvalue weighted by Crippen LogP contribution is -2.35. The maximum atomic E-state index is 10.6. The summed E-state index contributed by atoms with van der Waals surface area (Å²) in [6, 6.07) is 6.24. The number of aromatic nitrogens is 1. The fourth-order valence-electron chi connectivity index (χ4n) is 1.92. The van der Waals surface area contributed by atoms with Crippen LogP contribution >= 0.6 is 0 Å². The molecule has 0 amide bonds. The topological polar surface area (TPSA) is 53.4 Å². The zero-order valence-corrected chi connectivity index (χ0v) is 10.6. The van der Waals surface area contributed by atoms with E-state index in [1.807, 2.05) is 18.2 Å². The molecule has 1 N–H and O–H groups in total. The first-order valence-electron chi connectivity index (χ1n) is 5.91. The van der Waals surface area contributed by atoms with E-state index in [1.165, 1.54) is 0 Å². The van der Waals surface area contributed by atoms with E-state index in [1.54, 1.807) is 6.20 Å². The van der Waals surface area contributed by atoms with Gasteiger partial charge in [0.05, 0.1) is 12.1 Å². The number of carboxylic acids is 1. The van der Waals surface area contributed by atoms with E-state index in [-0.39, 0.29) is 12.5 Å². The normalized spacial score (nSPS) is 13.0. The van der Waals surface area contributed by atoms with Gasteiger partial charge in [-0.15, -0.1) is 0 Å². The fourth-order valence-corrected chi connectivity index (χ4v) is 1.92. The van der Waals surface area contributed by atoms with E-state index >= 15 is 0 Å². The van der Waals surface area contributed by atoms with Crippen LogP contribution in [0, 0.1) is 0 Å². The monoisotopic (exact) mass is 236 g/mol. The van der Waals surface area contributed by atoms with Gasteiger partial charge in [0, 0.05) is 24.8 Å². The van der Waals surface area contributed by atoms with Crippen LogP contribution in [0.1, 0.15) is 38.9 Å². The first-order valence-corrected chi connectivity index (χ1v) is 5.91. The Hall–Kier alpha value is -1.42. The predicted octanol–water partition coefficient (Wildman–Crippen LogP) is 2.33. The summed E-state index contributed by atoms with van der Waals surface area (Å²) >= 11 is 0. The van der Waals surface area contributed by atoms with Gasteiger partial charge < -0.3 is 5.11 Å². The molecule has 0 aliphatic heterocycles. The third kappa shape index (κ3) is 4.15. The number of pyridine rings is 1. The van der Waals surface area contributed by atoms with Gasteiger partial charge in [-0.3, -0.25) is 14.7 Å². The van der Waals surface area contributed by atoms with Crippen molar-refractivity contribution in [1.29, 1.82) is 0 Å². The average Bonchev–Trinajstić information content (AvgIpc) is 2.29. The molecular weight excluding hydrogens is 216 g/mol. The molecule has 0 saturated carbocycles. The summed E-state index contributed by atoms with van der Waals surface area (Å²) in [7, 11) is 0. The van der Waals surface area contributed by atoms with Gasteiger partial charge >= 0.3 is 5.97 Å². The molecule has 0 radical (unpaired) electrons. The van der Waals surface area contributed by atoms with Crippen molar-refractivity contribution in [2.75, 3.05) is 6.54 Å². The van der Waals surface area contributed by atoms with E-state index in [9.17, 15) is 4.79 Å². The van der Waals surface area contributed by atoms with Gasteiger partial charge in [0.1, 0.15) is 0 Å². The summed E-state index contributed by atoms with van der Waals surface area (Å²) in [4.78, 5) is 17.1. The summed E-state index contributed by atoms with van der Waals surface area (Å²) in [5.74, 6) is -0.760. The van der Waals surface area contributed by atoms with E-state index in [0.29, 0.717) is 12.6 Å². The van der Waals surface area contributed by atoms with Crippen LogP contribution in [0.2, 0.25) is 0 Å². The Morgan fingerprint density at radius 2 is 2.12 bits per heavy atom. The van der Waals surface area contributed by atoms with Crippen LogP contribution in [0.5, 0.6) is 0 Å². The standard InChI is InChI=1S/C13H20N2O2/c1-10(2)15(9-7-13(16)17)11(3)12-6-4-5-8-14-12/h4-6,8,10-11H,7,9H2,1-3H3,(H,16,17). The minimum Gasteiger partial charge on any atom is -0.481 e. The molecule has 1 unspecified atom stereocenters. The SMILES string of the molecule is CC(C)N(CCC(=O)O)C(C)c1ccccn1. The number of aliphatic carboxylic acids is 1. The Morgan fingerprint density at radius 1 is 1.41 bits per heavy atom. The highest BCUT2D eigenvalue weighted by atomic mass is 16.4. The highest BCUT2D eigenvalue weighted by molar-refractivity contribution is 5.66. The molecule has 17 heavy (non-hydrogen) atoms. The van der Waals surface area contributed by atoms with Crippen molar-refractivity contribution in [2.45, 2.75) is 39.3 Å². The van der Waals surface area contributed by atoms with Gasteiger partial charge in [0.15, 0.2) is 0 Å². The first-order chi connectivity index (χ1) is 8.02. The fraction of sp³-hybridized carbons (Fsp3) is 0.538. The quantitative estimate of drug-likeness (QED) is 0.823. The summed E-state index contributed by atoms with van der Waals surface area (Å²) in [6.45, 7) is 6.75. The smallest absolute Gasteiger partial charge is 0.304 e. The van der Waals surface area contributed by atoms with Crippen LogP contribution in [-0.2, 0) is 4.79 Å². The highest BCUT2D eigenvalue weighted by Gasteiger charge is 2.20. The molecule has 1 rings (SSSR count).